The molecule has 0 spiro atoms. The first-order valence-corrected chi connectivity index (χ1v) is 13.8. The average molecular weight is 593 g/mol. The number of anilines is 1. The second kappa shape index (κ2) is 11.2. The van der Waals surface area contributed by atoms with Crippen molar-refractivity contribution < 1.29 is 18.9 Å². The number of fused-ring (bicyclic) bond motifs is 1. The van der Waals surface area contributed by atoms with Gasteiger partial charge in [-0.15, -0.1) is 0 Å². The van der Waals surface area contributed by atoms with Gasteiger partial charge in [0.25, 0.3) is 11.2 Å². The fourth-order valence-electron chi connectivity index (χ4n) is 4.58. The summed E-state index contributed by atoms with van der Waals surface area (Å²) in [6.45, 7) is 3.64. The molecule has 2 aromatic heterocycles. The molecule has 0 aliphatic carbocycles. The molecule has 12 heteroatoms. The largest absolute Gasteiger partial charge is 0.463 e. The lowest BCUT2D eigenvalue weighted by Crippen LogP contribution is -2.39. The maximum atomic E-state index is 13.8. The van der Waals surface area contributed by atoms with Gasteiger partial charge in [0.1, 0.15) is 11.5 Å². The van der Waals surface area contributed by atoms with Gasteiger partial charge in [0.2, 0.25) is 0 Å². The number of benzene rings is 2. The van der Waals surface area contributed by atoms with Gasteiger partial charge in [-0.05, 0) is 49.7 Å². The topological polar surface area (TPSA) is 120 Å². The summed E-state index contributed by atoms with van der Waals surface area (Å²) in [7, 11) is 3.86. The van der Waals surface area contributed by atoms with Crippen LogP contribution in [0.5, 0.6) is 0 Å². The number of aromatic nitrogens is 1. The van der Waals surface area contributed by atoms with Crippen LogP contribution in [-0.2, 0) is 9.53 Å². The SMILES string of the molecule is CCOC(=O)C1=C(C)N=c2s/c(=C\c3ccc(-c4cc([N+](=O)[O-])ccc4Cl)o3)c(=O)n2C1c1ccc(N(C)C)cc1. The number of nitro groups is 1. The number of esters is 1. The first-order chi connectivity index (χ1) is 19.6. The van der Waals surface area contributed by atoms with Crippen molar-refractivity contribution in [3.8, 4) is 11.3 Å². The van der Waals surface area contributed by atoms with E-state index in [2.05, 4.69) is 4.99 Å². The van der Waals surface area contributed by atoms with Gasteiger partial charge in [0.05, 0.1) is 38.4 Å². The van der Waals surface area contributed by atoms with Crippen molar-refractivity contribution in [2.75, 3.05) is 25.6 Å². The van der Waals surface area contributed by atoms with Crippen LogP contribution in [0.2, 0.25) is 5.02 Å². The number of nitrogens with zero attached hydrogens (tertiary/aromatic N) is 4. The first-order valence-electron chi connectivity index (χ1n) is 12.6. The monoisotopic (exact) mass is 592 g/mol. The van der Waals surface area contributed by atoms with E-state index >= 15 is 0 Å². The van der Waals surface area contributed by atoms with Crippen molar-refractivity contribution in [1.82, 2.24) is 4.57 Å². The van der Waals surface area contributed by atoms with E-state index < -0.39 is 16.9 Å². The van der Waals surface area contributed by atoms with Gasteiger partial charge in [0, 0.05) is 43.6 Å². The molecular weight excluding hydrogens is 568 g/mol. The maximum Gasteiger partial charge on any atom is 0.338 e. The Labute approximate surface area is 243 Å². The van der Waals surface area contributed by atoms with Crippen LogP contribution in [0.15, 0.2) is 80.1 Å². The standard InChI is InChI=1S/C29H25ClN4O6S/c1-5-39-28(36)25-16(2)31-29-33(26(25)17-6-8-18(9-7-17)32(3)4)27(35)24(41-29)15-20-11-13-23(40-20)21-14-19(34(37)38)10-12-22(21)30/h6-15,26H,5H2,1-4H3/b24-15-. The Morgan fingerprint density at radius 2 is 1.95 bits per heavy atom. The van der Waals surface area contributed by atoms with Gasteiger partial charge in [-0.1, -0.05) is 35.1 Å². The molecule has 1 atom stereocenters. The zero-order chi connectivity index (χ0) is 29.4. The van der Waals surface area contributed by atoms with E-state index in [0.29, 0.717) is 37.7 Å². The first kappa shape index (κ1) is 28.1. The number of rotatable bonds is 7. The highest BCUT2D eigenvalue weighted by Gasteiger charge is 2.33. The number of halogens is 1. The molecule has 1 unspecified atom stereocenters. The van der Waals surface area contributed by atoms with Crippen LogP contribution in [0.1, 0.15) is 31.2 Å². The highest BCUT2D eigenvalue weighted by atomic mass is 35.5. The lowest BCUT2D eigenvalue weighted by Gasteiger charge is -2.25. The molecule has 0 fully saturated rings. The molecule has 0 saturated carbocycles. The minimum absolute atomic E-state index is 0.123. The molecule has 1 aliphatic rings. The lowest BCUT2D eigenvalue weighted by molar-refractivity contribution is -0.384. The van der Waals surface area contributed by atoms with Gasteiger partial charge < -0.3 is 14.1 Å². The Balaban J connectivity index is 1.62. The molecule has 41 heavy (non-hydrogen) atoms. The minimum Gasteiger partial charge on any atom is -0.463 e. The van der Waals surface area contributed by atoms with Crippen LogP contribution in [0.3, 0.4) is 0 Å². The van der Waals surface area contributed by atoms with Crippen molar-refractivity contribution in [3.63, 3.8) is 0 Å². The number of allylic oxidation sites excluding steroid dienone is 1. The van der Waals surface area contributed by atoms with E-state index in [4.69, 9.17) is 20.8 Å². The highest BCUT2D eigenvalue weighted by molar-refractivity contribution is 7.07. The minimum atomic E-state index is -0.737. The molecule has 0 saturated heterocycles. The van der Waals surface area contributed by atoms with Crippen LogP contribution in [-0.4, -0.2) is 36.2 Å². The Morgan fingerprint density at radius 3 is 2.61 bits per heavy atom. The van der Waals surface area contributed by atoms with Crippen LogP contribution >= 0.6 is 22.9 Å². The fourth-order valence-corrected chi connectivity index (χ4v) is 5.82. The van der Waals surface area contributed by atoms with Crippen LogP contribution in [0.4, 0.5) is 11.4 Å². The fraction of sp³-hybridized carbons (Fsp3) is 0.207. The number of thiazole rings is 1. The summed E-state index contributed by atoms with van der Waals surface area (Å²) in [6, 6.07) is 14.2. The summed E-state index contributed by atoms with van der Waals surface area (Å²) in [5.41, 5.74) is 2.36. The second-order valence-electron chi connectivity index (χ2n) is 9.41. The van der Waals surface area contributed by atoms with E-state index in [-0.39, 0.29) is 22.9 Å². The smallest absolute Gasteiger partial charge is 0.338 e. The highest BCUT2D eigenvalue weighted by Crippen LogP contribution is 2.33. The predicted molar refractivity (Wildman–Crippen MR) is 157 cm³/mol. The predicted octanol–water partition coefficient (Wildman–Crippen LogP) is 4.69. The Hall–Kier alpha value is -4.48. The summed E-state index contributed by atoms with van der Waals surface area (Å²) < 4.78 is 13.1. The van der Waals surface area contributed by atoms with E-state index in [1.54, 1.807) is 32.1 Å². The third-order valence-electron chi connectivity index (χ3n) is 6.57. The maximum absolute atomic E-state index is 13.8. The summed E-state index contributed by atoms with van der Waals surface area (Å²) >= 11 is 7.44. The van der Waals surface area contributed by atoms with Crippen molar-refractivity contribution in [2.24, 2.45) is 4.99 Å². The normalized spacial score (nSPS) is 15.0. The third kappa shape index (κ3) is 5.33. The molecule has 3 heterocycles. The quantitative estimate of drug-likeness (QED) is 0.173. The van der Waals surface area contributed by atoms with Crippen molar-refractivity contribution in [3.05, 3.63) is 112 Å². The zero-order valence-electron chi connectivity index (χ0n) is 22.6. The van der Waals surface area contributed by atoms with Gasteiger partial charge in [0.15, 0.2) is 4.80 Å². The summed E-state index contributed by atoms with van der Waals surface area (Å²) in [6.07, 6.45) is 1.58. The molecule has 10 nitrogen and oxygen atoms in total. The molecule has 0 amide bonds. The van der Waals surface area contributed by atoms with Crippen LogP contribution in [0, 0.1) is 10.1 Å². The molecule has 5 rings (SSSR count). The van der Waals surface area contributed by atoms with Gasteiger partial charge >= 0.3 is 5.97 Å². The lowest BCUT2D eigenvalue weighted by atomic mass is 9.95. The Morgan fingerprint density at radius 1 is 1.22 bits per heavy atom. The summed E-state index contributed by atoms with van der Waals surface area (Å²) in [5, 5.41) is 11.5. The number of hydrogen-bond acceptors (Lipinski definition) is 9. The number of carbonyl (C=O) groups is 1. The molecule has 2 aromatic carbocycles. The number of nitro benzene ring substituents is 1. The number of carbonyl (C=O) groups excluding carboxylic acids is 1. The van der Waals surface area contributed by atoms with E-state index in [1.165, 1.54) is 34.1 Å². The van der Waals surface area contributed by atoms with Crippen LogP contribution in [0.25, 0.3) is 17.4 Å². The van der Waals surface area contributed by atoms with Crippen molar-refractivity contribution in [1.29, 1.82) is 0 Å². The van der Waals surface area contributed by atoms with E-state index in [0.717, 1.165) is 11.3 Å². The summed E-state index contributed by atoms with van der Waals surface area (Å²) in [4.78, 5) is 44.6. The van der Waals surface area contributed by atoms with E-state index in [9.17, 15) is 19.7 Å². The number of non-ortho nitro benzene ring substituents is 1. The Kier molecular flexibility index (Phi) is 7.65. The molecule has 0 radical (unpaired) electrons. The van der Waals surface area contributed by atoms with Crippen molar-refractivity contribution in [2.45, 2.75) is 19.9 Å². The molecule has 1 aliphatic heterocycles. The number of hydrogen-bond donors (Lipinski definition) is 0. The Bertz CT molecular complexity index is 1880. The van der Waals surface area contributed by atoms with Crippen LogP contribution < -0.4 is 19.8 Å². The van der Waals surface area contributed by atoms with Crippen molar-refractivity contribution >= 4 is 46.4 Å². The second-order valence-corrected chi connectivity index (χ2v) is 10.8. The van der Waals surface area contributed by atoms with Gasteiger partial charge in [-0.2, -0.15) is 0 Å². The zero-order valence-corrected chi connectivity index (χ0v) is 24.2. The van der Waals surface area contributed by atoms with Gasteiger partial charge in [-0.25, -0.2) is 9.79 Å². The average Bonchev–Trinajstić information content (AvgIpc) is 3.52. The molecule has 4 aromatic rings. The third-order valence-corrected chi connectivity index (χ3v) is 7.88. The molecule has 210 valence electrons. The van der Waals surface area contributed by atoms with Gasteiger partial charge in [-0.3, -0.25) is 19.5 Å². The number of ether oxygens (including phenoxy) is 1. The molecular formula is C29H25ClN4O6S. The number of furan rings is 1. The van der Waals surface area contributed by atoms with E-state index in [1.807, 2.05) is 43.3 Å². The molecule has 0 bridgehead atoms. The molecule has 0 N–H and O–H groups in total. The summed E-state index contributed by atoms with van der Waals surface area (Å²) in [5.74, 6) is 0.132.